The predicted molar refractivity (Wildman–Crippen MR) is 103 cm³/mol. The van der Waals surface area contributed by atoms with E-state index in [-0.39, 0.29) is 19.8 Å². The highest BCUT2D eigenvalue weighted by Crippen LogP contribution is 2.42. The van der Waals surface area contributed by atoms with Crippen molar-refractivity contribution in [2.75, 3.05) is 19.8 Å². The second-order valence-corrected chi connectivity index (χ2v) is 7.18. The zero-order chi connectivity index (χ0) is 18.2. The van der Waals surface area contributed by atoms with Crippen molar-refractivity contribution in [2.24, 2.45) is 17.8 Å². The Morgan fingerprint density at radius 1 is 0.708 bits per heavy atom. The number of unbranched alkanes of at least 4 members (excludes halogenated alkanes) is 1. The summed E-state index contributed by atoms with van der Waals surface area (Å²) in [4.78, 5) is 0. The third kappa shape index (κ3) is 9.39. The van der Waals surface area contributed by atoms with Gasteiger partial charge in [0.05, 0.1) is 0 Å². The summed E-state index contributed by atoms with van der Waals surface area (Å²) in [5.41, 5.74) is 0. The molecule has 3 nitrogen and oxygen atoms in total. The standard InChI is InChI=1S/C21H43O3/c1-4-10-18(12-7-8-15-22)20(6-3)21(14-17-24)19(11-5-2)13-9-16-23/h18-20,22-24H,4-17H2,1-3H3. The van der Waals surface area contributed by atoms with E-state index in [1.807, 2.05) is 0 Å². The largest absolute Gasteiger partial charge is 0.396 e. The molecule has 1 radical (unpaired) electrons. The predicted octanol–water partition coefficient (Wildman–Crippen LogP) is 4.74. The van der Waals surface area contributed by atoms with Crippen LogP contribution >= 0.6 is 0 Å². The Morgan fingerprint density at radius 2 is 1.38 bits per heavy atom. The van der Waals surface area contributed by atoms with Crippen LogP contribution in [0.1, 0.15) is 91.4 Å². The van der Waals surface area contributed by atoms with Gasteiger partial charge in [0.2, 0.25) is 0 Å². The molecule has 0 bridgehead atoms. The highest BCUT2D eigenvalue weighted by Gasteiger charge is 2.32. The lowest BCUT2D eigenvalue weighted by molar-refractivity contribution is 0.195. The summed E-state index contributed by atoms with van der Waals surface area (Å²) in [5.74, 6) is 3.34. The van der Waals surface area contributed by atoms with Crippen molar-refractivity contribution >= 4 is 0 Å². The van der Waals surface area contributed by atoms with Gasteiger partial charge in [-0.3, -0.25) is 0 Å². The molecular formula is C21H43O3. The first kappa shape index (κ1) is 23.9. The molecule has 24 heavy (non-hydrogen) atoms. The Hall–Kier alpha value is -0.120. The van der Waals surface area contributed by atoms with Crippen LogP contribution in [-0.2, 0) is 0 Å². The first-order chi connectivity index (χ1) is 11.7. The molecule has 0 saturated carbocycles. The molecule has 0 aromatic heterocycles. The van der Waals surface area contributed by atoms with Crippen LogP contribution in [-0.4, -0.2) is 35.1 Å². The molecule has 3 atom stereocenters. The minimum Gasteiger partial charge on any atom is -0.396 e. The molecule has 0 aliphatic carbocycles. The Labute approximate surface area is 150 Å². The first-order valence-electron chi connectivity index (χ1n) is 10.4. The Morgan fingerprint density at radius 3 is 1.88 bits per heavy atom. The van der Waals surface area contributed by atoms with E-state index in [0.29, 0.717) is 17.8 Å². The lowest BCUT2D eigenvalue weighted by Gasteiger charge is -2.38. The highest BCUT2D eigenvalue weighted by atomic mass is 16.3. The van der Waals surface area contributed by atoms with Crippen molar-refractivity contribution in [3.8, 4) is 0 Å². The maximum Gasteiger partial charge on any atom is 0.0436 e. The molecule has 0 aliphatic heterocycles. The van der Waals surface area contributed by atoms with Crippen LogP contribution in [0.3, 0.4) is 0 Å². The van der Waals surface area contributed by atoms with Gasteiger partial charge in [-0.25, -0.2) is 0 Å². The maximum atomic E-state index is 9.65. The number of hydrogen-bond acceptors (Lipinski definition) is 3. The van der Waals surface area contributed by atoms with Gasteiger partial charge in [0, 0.05) is 19.8 Å². The summed E-state index contributed by atoms with van der Waals surface area (Å²) >= 11 is 0. The van der Waals surface area contributed by atoms with E-state index in [4.69, 9.17) is 5.11 Å². The van der Waals surface area contributed by atoms with Crippen molar-refractivity contribution in [3.05, 3.63) is 5.92 Å². The summed E-state index contributed by atoms with van der Waals surface area (Å²) < 4.78 is 0. The lowest BCUT2D eigenvalue weighted by Crippen LogP contribution is -2.29. The zero-order valence-corrected chi connectivity index (χ0v) is 16.5. The number of hydrogen-bond donors (Lipinski definition) is 3. The van der Waals surface area contributed by atoms with Crippen molar-refractivity contribution in [1.29, 1.82) is 0 Å². The van der Waals surface area contributed by atoms with Crippen LogP contribution in [0.25, 0.3) is 0 Å². The lowest BCUT2D eigenvalue weighted by atomic mass is 9.67. The fraction of sp³-hybridized carbons (Fsp3) is 0.952. The second kappa shape index (κ2) is 16.4. The summed E-state index contributed by atoms with van der Waals surface area (Å²) in [5, 5.41) is 28.0. The fourth-order valence-corrected chi connectivity index (χ4v) is 4.36. The normalized spacial score (nSPS) is 15.6. The Balaban J connectivity index is 5.14. The van der Waals surface area contributed by atoms with Crippen molar-refractivity contribution in [1.82, 2.24) is 0 Å². The number of aliphatic hydroxyl groups excluding tert-OH is 3. The third-order valence-corrected chi connectivity index (χ3v) is 5.40. The van der Waals surface area contributed by atoms with Gasteiger partial charge >= 0.3 is 0 Å². The van der Waals surface area contributed by atoms with E-state index < -0.39 is 0 Å². The van der Waals surface area contributed by atoms with Gasteiger partial charge in [-0.05, 0) is 49.4 Å². The van der Waals surface area contributed by atoms with E-state index in [0.717, 1.165) is 44.9 Å². The van der Waals surface area contributed by atoms with Crippen molar-refractivity contribution in [2.45, 2.75) is 91.4 Å². The van der Waals surface area contributed by atoms with E-state index >= 15 is 0 Å². The molecule has 0 amide bonds. The Kier molecular flexibility index (Phi) is 16.3. The molecule has 0 rings (SSSR count). The fourth-order valence-electron chi connectivity index (χ4n) is 4.36. The highest BCUT2D eigenvalue weighted by molar-refractivity contribution is 5.03. The van der Waals surface area contributed by atoms with Crippen LogP contribution in [0.5, 0.6) is 0 Å². The van der Waals surface area contributed by atoms with Crippen LogP contribution < -0.4 is 0 Å². The van der Waals surface area contributed by atoms with Crippen molar-refractivity contribution < 1.29 is 15.3 Å². The van der Waals surface area contributed by atoms with Crippen LogP contribution in [0.2, 0.25) is 0 Å². The Bertz CT molecular complexity index is 257. The summed E-state index contributed by atoms with van der Waals surface area (Å²) in [6.07, 6.45) is 11.8. The second-order valence-electron chi connectivity index (χ2n) is 7.18. The van der Waals surface area contributed by atoms with Crippen LogP contribution in [0.15, 0.2) is 0 Å². The van der Waals surface area contributed by atoms with E-state index in [1.54, 1.807) is 5.92 Å². The first-order valence-corrected chi connectivity index (χ1v) is 10.4. The zero-order valence-electron chi connectivity index (χ0n) is 16.5. The van der Waals surface area contributed by atoms with Gasteiger partial charge in [0.15, 0.2) is 0 Å². The average Bonchev–Trinajstić information content (AvgIpc) is 2.58. The molecule has 3 N–H and O–H groups in total. The molecule has 0 aliphatic rings. The molecule has 0 aromatic rings. The summed E-state index contributed by atoms with van der Waals surface area (Å²) in [6, 6.07) is 0. The van der Waals surface area contributed by atoms with Gasteiger partial charge in [-0.15, -0.1) is 0 Å². The van der Waals surface area contributed by atoms with Crippen LogP contribution in [0.4, 0.5) is 0 Å². The summed E-state index contributed by atoms with van der Waals surface area (Å²) in [6.45, 7) is 7.56. The van der Waals surface area contributed by atoms with Gasteiger partial charge in [0.1, 0.15) is 0 Å². The topological polar surface area (TPSA) is 60.7 Å². The van der Waals surface area contributed by atoms with E-state index in [2.05, 4.69) is 20.8 Å². The van der Waals surface area contributed by atoms with Crippen molar-refractivity contribution in [3.63, 3.8) is 0 Å². The smallest absolute Gasteiger partial charge is 0.0436 e. The van der Waals surface area contributed by atoms with Gasteiger partial charge < -0.3 is 15.3 Å². The number of aliphatic hydroxyl groups is 3. The quantitative estimate of drug-likeness (QED) is 0.334. The molecule has 145 valence electrons. The molecule has 3 unspecified atom stereocenters. The molecule has 0 saturated heterocycles. The molecule has 0 spiro atoms. The van der Waals surface area contributed by atoms with E-state index in [9.17, 15) is 10.2 Å². The van der Waals surface area contributed by atoms with Crippen LogP contribution in [0, 0.1) is 23.7 Å². The molecule has 0 heterocycles. The maximum absolute atomic E-state index is 9.65. The third-order valence-electron chi connectivity index (χ3n) is 5.40. The minimum absolute atomic E-state index is 0.237. The number of rotatable bonds is 17. The molecule has 0 aromatic carbocycles. The summed E-state index contributed by atoms with van der Waals surface area (Å²) in [7, 11) is 0. The average molecular weight is 344 g/mol. The van der Waals surface area contributed by atoms with Gasteiger partial charge in [-0.2, -0.15) is 0 Å². The molecule has 0 fully saturated rings. The minimum atomic E-state index is 0.237. The molecular weight excluding hydrogens is 300 g/mol. The SMILES string of the molecule is CCCC(CCCO)[C](CCO)C(CC)C(CCC)CCCCO. The monoisotopic (exact) mass is 343 g/mol. The van der Waals surface area contributed by atoms with Gasteiger partial charge in [-0.1, -0.05) is 65.7 Å². The van der Waals surface area contributed by atoms with E-state index in [1.165, 1.54) is 25.7 Å². The molecule has 3 heteroatoms. The van der Waals surface area contributed by atoms with Gasteiger partial charge in [0.25, 0.3) is 0 Å².